The Balaban J connectivity index is 0.000000281. The van der Waals surface area contributed by atoms with Crippen LogP contribution >= 0.6 is 0 Å². The molecule has 4 rings (SSSR count). The van der Waals surface area contributed by atoms with Gasteiger partial charge >= 0.3 is 22.7 Å². The predicted octanol–water partition coefficient (Wildman–Crippen LogP) is 4.28. The molecule has 0 aliphatic heterocycles. The highest BCUT2D eigenvalue weighted by molar-refractivity contribution is 7.88. The van der Waals surface area contributed by atoms with Crippen LogP contribution in [0.2, 0.25) is 0 Å². The van der Waals surface area contributed by atoms with Crippen LogP contribution < -0.4 is 19.1 Å². The summed E-state index contributed by atoms with van der Waals surface area (Å²) in [5, 5.41) is 17.6. The maximum Gasteiger partial charge on any atom is 0.534 e. The quantitative estimate of drug-likeness (QED) is 0.127. The van der Waals surface area contributed by atoms with Crippen LogP contribution in [0.1, 0.15) is 34.4 Å². The van der Waals surface area contributed by atoms with Crippen LogP contribution in [-0.4, -0.2) is 57.9 Å². The van der Waals surface area contributed by atoms with Gasteiger partial charge in [-0.05, 0) is 46.9 Å². The Morgan fingerprint density at radius 1 is 0.791 bits per heavy atom. The zero-order chi connectivity index (χ0) is 40.7. The van der Waals surface area contributed by atoms with Crippen molar-refractivity contribution in [2.24, 2.45) is 0 Å². The smallest absolute Gasteiger partial charge is 0.497 e. The van der Waals surface area contributed by atoms with Crippen molar-refractivity contribution in [2.45, 2.75) is 5.51 Å². The third kappa shape index (κ3) is 10.3. The number of halogens is 3. The monoisotopic (exact) mass is 628 g/mol. The van der Waals surface area contributed by atoms with Crippen molar-refractivity contribution >= 4 is 35.3 Å². The van der Waals surface area contributed by atoms with Gasteiger partial charge in [0.1, 0.15) is 11.5 Å². The molecule has 0 radical (unpaired) electrons. The average molecular weight is 628 g/mol. The number of carbonyl (C=O) groups excluding carboxylic acids is 2. The van der Waals surface area contributed by atoms with Crippen molar-refractivity contribution < 1.29 is 68.6 Å². The molecule has 0 bridgehead atoms. The predicted molar refractivity (Wildman–Crippen MR) is 154 cm³/mol. The van der Waals surface area contributed by atoms with Gasteiger partial charge in [-0.3, -0.25) is 9.59 Å². The highest BCUT2D eigenvalue weighted by atomic mass is 32.2. The second kappa shape index (κ2) is 16.1. The molecule has 0 aliphatic rings. The minimum Gasteiger partial charge on any atom is -0.497 e. The number of ether oxygens (including phenoxy) is 2. The van der Waals surface area contributed by atoms with E-state index in [0.29, 0.717) is 12.0 Å². The molecule has 4 aromatic rings. The second-order valence-electron chi connectivity index (χ2n) is 7.49. The topological polar surface area (TPSA) is 136 Å². The highest BCUT2D eigenvalue weighted by Gasteiger charge is 2.48. The molecule has 0 aromatic heterocycles. The first kappa shape index (κ1) is 22.0. The molecule has 4 aromatic carbocycles. The lowest BCUT2D eigenvalue weighted by Gasteiger charge is -2.11. The van der Waals surface area contributed by atoms with E-state index in [1.165, 1.54) is 32.4 Å². The van der Waals surface area contributed by atoms with E-state index in [1.54, 1.807) is 6.07 Å². The van der Waals surface area contributed by atoms with E-state index in [2.05, 4.69) is 8.92 Å². The molecule has 2 N–H and O–H groups in total. The van der Waals surface area contributed by atoms with Gasteiger partial charge in [-0.1, -0.05) is 60.4 Å². The number of hydrogen-bond donors (Lipinski definition) is 2. The van der Waals surface area contributed by atoms with Crippen LogP contribution in [-0.2, 0) is 10.1 Å². The van der Waals surface area contributed by atoms with Crippen LogP contribution in [0, 0.1) is 0 Å². The summed E-state index contributed by atoms with van der Waals surface area (Å²) in [6, 6.07) is 2.83. The summed E-state index contributed by atoms with van der Waals surface area (Å²) in [4.78, 5) is 21.7. The van der Waals surface area contributed by atoms with Crippen LogP contribution in [0.4, 0.5) is 13.2 Å². The summed E-state index contributed by atoms with van der Waals surface area (Å²) < 4.78 is 147. The molecule has 0 aliphatic carbocycles. The lowest BCUT2D eigenvalue weighted by Crippen LogP contribution is -2.29. The fourth-order valence-electron chi connectivity index (χ4n) is 2.73. The van der Waals surface area contributed by atoms with Crippen molar-refractivity contribution in [3.05, 3.63) is 108 Å². The molecule has 0 atom stereocenters. The summed E-state index contributed by atoms with van der Waals surface area (Å²) in [6.07, 6.45) is 0.746. The number of hydrogen-bond acceptors (Lipinski definition) is 9. The number of benzene rings is 4. The van der Waals surface area contributed by atoms with Gasteiger partial charge in [0.05, 0.1) is 33.5 Å². The first-order chi connectivity index (χ1) is 24.5. The van der Waals surface area contributed by atoms with Crippen LogP contribution in [0.5, 0.6) is 17.2 Å². The van der Waals surface area contributed by atoms with Gasteiger partial charge in [0.15, 0.2) is 18.3 Å². The Labute approximate surface area is 260 Å². The van der Waals surface area contributed by atoms with Crippen molar-refractivity contribution in [1.82, 2.24) is 0 Å². The van der Waals surface area contributed by atoms with E-state index in [9.17, 15) is 31.2 Å². The number of rotatable bonds is 8. The van der Waals surface area contributed by atoms with Gasteiger partial charge in [-0.25, -0.2) is 0 Å². The van der Waals surface area contributed by atoms with Crippen molar-refractivity contribution in [2.75, 3.05) is 14.2 Å². The zero-order valence-electron chi connectivity index (χ0n) is 32.0. The molecule has 0 heterocycles. The molecule has 0 unspecified atom stereocenters. The summed E-state index contributed by atoms with van der Waals surface area (Å²) in [6.45, 7) is 0. The lowest BCUT2D eigenvalue weighted by atomic mass is 9.81. The SMILES string of the molecule is COc1ccc(C=O)c(OS(=O)(=O)C(F)(F)F)c1.[2H]c1c([2H])c([2H])c(-c2cc(OC)ccc2C=O)c([2H])c1[2H].[2H]c1c([2H])c([2H])c(B(O)O)c([2H])c1[2H]. The average Bonchev–Trinajstić information content (AvgIpc) is 3.11. The van der Waals surface area contributed by atoms with Crippen molar-refractivity contribution in [3.63, 3.8) is 0 Å². The molecular formula is C29H26BF3O9S. The molecule has 0 saturated carbocycles. The third-order valence-corrected chi connectivity index (χ3v) is 5.73. The minimum absolute atomic E-state index is 0.0120. The summed E-state index contributed by atoms with van der Waals surface area (Å²) >= 11 is 0. The molecule has 14 heteroatoms. The van der Waals surface area contributed by atoms with Crippen molar-refractivity contribution in [1.29, 1.82) is 0 Å². The molecule has 0 spiro atoms. The zero-order valence-corrected chi connectivity index (χ0v) is 22.8. The maximum atomic E-state index is 12.1. The van der Waals surface area contributed by atoms with E-state index in [1.807, 2.05) is 0 Å². The fraction of sp³-hybridized carbons (Fsp3) is 0.103. The van der Waals surface area contributed by atoms with E-state index in [4.69, 9.17) is 28.5 Å². The number of methoxy groups -OCH3 is 2. The Kier molecular flexibility index (Phi) is 8.23. The van der Waals surface area contributed by atoms with Gasteiger partial charge in [-0.2, -0.15) is 21.6 Å². The van der Waals surface area contributed by atoms with E-state index >= 15 is 0 Å². The standard InChI is InChI=1S/C14H12O2.C9H7F3O5S.C6H7BO2/c1-16-13-8-7-12(10-15)14(9-13)11-5-3-2-4-6-11;1-16-7-3-2-6(5-13)8(4-7)17-18(14,15)9(10,11)12;8-7(9)6-4-2-1-3-5-6/h2-10H,1H3;2-5H,1H3;1-5,8-9H/i2D,3D,4D,5D,6D;;1D,2D,3D,4D,5D. The third-order valence-electron chi connectivity index (χ3n) is 4.76. The van der Waals surface area contributed by atoms with Gasteiger partial charge in [0.25, 0.3) is 0 Å². The Morgan fingerprint density at radius 3 is 1.74 bits per heavy atom. The number of carbonyl (C=O) groups is 2. The van der Waals surface area contributed by atoms with Gasteiger partial charge in [0.2, 0.25) is 0 Å². The van der Waals surface area contributed by atoms with Crippen LogP contribution in [0.25, 0.3) is 11.1 Å². The van der Waals surface area contributed by atoms with E-state index in [0.717, 1.165) is 12.1 Å². The van der Waals surface area contributed by atoms with E-state index < -0.39 is 82.3 Å². The van der Waals surface area contributed by atoms with Crippen LogP contribution in [0.3, 0.4) is 0 Å². The summed E-state index contributed by atoms with van der Waals surface area (Å²) in [5.41, 5.74) is -5.95. The summed E-state index contributed by atoms with van der Waals surface area (Å²) in [7, 11) is -5.22. The summed E-state index contributed by atoms with van der Waals surface area (Å²) in [5.74, 6) is -0.267. The lowest BCUT2D eigenvalue weighted by molar-refractivity contribution is -0.0500. The molecule has 0 fully saturated rings. The first-order valence-corrected chi connectivity index (χ1v) is 12.7. The Hall–Kier alpha value is -4.66. The molecule has 43 heavy (non-hydrogen) atoms. The molecule has 226 valence electrons. The normalized spacial score (nSPS) is 13.8. The molecule has 0 saturated heterocycles. The molecular weight excluding hydrogens is 592 g/mol. The maximum absolute atomic E-state index is 12.1. The second-order valence-corrected chi connectivity index (χ2v) is 9.03. The molecule has 0 amide bonds. The van der Waals surface area contributed by atoms with Crippen molar-refractivity contribution in [3.8, 4) is 28.4 Å². The minimum atomic E-state index is -5.82. The number of alkyl halides is 3. The first-order valence-electron chi connectivity index (χ1n) is 16.3. The number of aldehydes is 2. The van der Waals surface area contributed by atoms with Crippen LogP contribution in [0.15, 0.2) is 96.8 Å². The Morgan fingerprint density at radius 2 is 1.28 bits per heavy atom. The van der Waals surface area contributed by atoms with Gasteiger partial charge < -0.3 is 23.7 Å². The molecule has 9 nitrogen and oxygen atoms in total. The van der Waals surface area contributed by atoms with E-state index in [-0.39, 0.29) is 46.4 Å². The van der Waals surface area contributed by atoms with Gasteiger partial charge in [-0.15, -0.1) is 0 Å². The largest absolute Gasteiger partial charge is 0.534 e. The fourth-order valence-corrected chi connectivity index (χ4v) is 3.21. The van der Waals surface area contributed by atoms with Gasteiger partial charge in [0, 0.05) is 11.6 Å². The Bertz CT molecular complexity index is 2080. The highest BCUT2D eigenvalue weighted by Crippen LogP contribution is 2.31.